The lowest BCUT2D eigenvalue weighted by molar-refractivity contribution is -0.122. The van der Waals surface area contributed by atoms with E-state index >= 15 is 0 Å². The number of hydrogen-bond acceptors (Lipinski definition) is 7. The summed E-state index contributed by atoms with van der Waals surface area (Å²) in [6.07, 6.45) is 0. The molecule has 2 amide bonds. The van der Waals surface area contributed by atoms with Gasteiger partial charge in [-0.25, -0.2) is 4.90 Å². The molecule has 3 atom stereocenters. The second-order valence-corrected chi connectivity index (χ2v) is 11.4. The van der Waals surface area contributed by atoms with Crippen LogP contribution in [0.15, 0.2) is 82.6 Å². The molecule has 0 aliphatic carbocycles. The molecule has 3 aromatic carbocycles. The Morgan fingerprint density at radius 3 is 2.32 bits per heavy atom. The predicted molar refractivity (Wildman–Crippen MR) is 147 cm³/mol. The first-order valence-corrected chi connectivity index (χ1v) is 13.8. The summed E-state index contributed by atoms with van der Waals surface area (Å²) in [5, 5.41) is 0.0215. The van der Waals surface area contributed by atoms with Crippen LogP contribution in [-0.2, 0) is 16.2 Å². The predicted octanol–water partition coefficient (Wildman–Crippen LogP) is 5.13. The number of aromatic nitrogens is 1. The topological polar surface area (TPSA) is 88.7 Å². The number of hydrogen-bond donors (Lipinski definition) is 1. The van der Waals surface area contributed by atoms with E-state index < -0.39 is 17.1 Å². The summed E-state index contributed by atoms with van der Waals surface area (Å²) in [5.41, 5.74) is 3.64. The summed E-state index contributed by atoms with van der Waals surface area (Å²) in [4.78, 5) is 44.4. The van der Waals surface area contributed by atoms with E-state index in [0.29, 0.717) is 28.8 Å². The molecular weight excluding hydrogens is 520 g/mol. The zero-order chi connectivity index (χ0) is 26.4. The number of H-pyrrole nitrogens is 1. The second kappa shape index (κ2) is 9.81. The van der Waals surface area contributed by atoms with Gasteiger partial charge in [0.1, 0.15) is 23.4 Å². The summed E-state index contributed by atoms with van der Waals surface area (Å²) in [6, 6.07) is 22.6. The van der Waals surface area contributed by atoms with Gasteiger partial charge in [0, 0.05) is 10.8 Å². The lowest BCUT2D eigenvalue weighted by atomic mass is 9.83. The fraction of sp³-hybridized carbons (Fsp3) is 0.207. The van der Waals surface area contributed by atoms with Crippen molar-refractivity contribution in [1.82, 2.24) is 4.98 Å². The molecule has 2 aliphatic heterocycles. The number of carbonyl (C=O) groups excluding carboxylic acids is 2. The van der Waals surface area contributed by atoms with Crippen molar-refractivity contribution in [2.45, 2.75) is 29.7 Å². The van der Waals surface area contributed by atoms with Crippen LogP contribution in [0.2, 0.25) is 0 Å². The molecule has 4 aromatic rings. The zero-order valence-electron chi connectivity index (χ0n) is 20.7. The molecule has 1 N–H and O–H groups in total. The van der Waals surface area contributed by atoms with E-state index in [9.17, 15) is 14.4 Å². The average Bonchev–Trinajstić information content (AvgIpc) is 3.43. The van der Waals surface area contributed by atoms with Crippen molar-refractivity contribution in [1.29, 1.82) is 0 Å². The Morgan fingerprint density at radius 2 is 1.61 bits per heavy atom. The average molecular weight is 545 g/mol. The molecule has 0 spiro atoms. The number of aryl methyl sites for hydroxylation is 1. The van der Waals surface area contributed by atoms with Crippen molar-refractivity contribution in [2.75, 3.05) is 12.0 Å². The number of nitrogens with one attached hydrogen (secondary N) is 1. The summed E-state index contributed by atoms with van der Waals surface area (Å²) >= 11 is 2.37. The minimum Gasteiger partial charge on any atom is -0.497 e. The SMILES string of the molecule is COc1ccc(N2C(=O)C3Sc4[nH]c(=O)sc4[C@H](c4ccc(OCc5ccccc5C)cc4)C3C2=O)cc1. The van der Waals surface area contributed by atoms with Crippen molar-refractivity contribution in [3.63, 3.8) is 0 Å². The first-order chi connectivity index (χ1) is 18.4. The maximum absolute atomic E-state index is 13.8. The summed E-state index contributed by atoms with van der Waals surface area (Å²) in [5.74, 6) is -0.264. The van der Waals surface area contributed by atoms with Crippen molar-refractivity contribution < 1.29 is 19.1 Å². The monoisotopic (exact) mass is 544 g/mol. The van der Waals surface area contributed by atoms with E-state index in [1.165, 1.54) is 16.7 Å². The number of nitrogens with zero attached hydrogens (tertiary/aromatic N) is 1. The highest BCUT2D eigenvalue weighted by Crippen LogP contribution is 2.53. The molecule has 192 valence electrons. The van der Waals surface area contributed by atoms with Crippen LogP contribution >= 0.6 is 23.1 Å². The quantitative estimate of drug-likeness (QED) is 0.339. The summed E-state index contributed by atoms with van der Waals surface area (Å²) in [6.45, 7) is 2.50. The number of aromatic amines is 1. The molecule has 6 rings (SSSR count). The van der Waals surface area contributed by atoms with Crippen LogP contribution in [-0.4, -0.2) is 29.2 Å². The van der Waals surface area contributed by atoms with Gasteiger partial charge < -0.3 is 14.5 Å². The molecule has 1 saturated heterocycles. The van der Waals surface area contributed by atoms with Crippen LogP contribution < -0.4 is 19.2 Å². The van der Waals surface area contributed by atoms with Gasteiger partial charge in [0.25, 0.3) is 0 Å². The highest BCUT2D eigenvalue weighted by atomic mass is 32.2. The number of fused-ring (bicyclic) bond motifs is 2. The van der Waals surface area contributed by atoms with Crippen LogP contribution in [0.3, 0.4) is 0 Å². The number of amides is 2. The Kier molecular flexibility index (Phi) is 6.33. The minimum absolute atomic E-state index is 0.197. The Labute approximate surface area is 227 Å². The van der Waals surface area contributed by atoms with Crippen molar-refractivity contribution in [2.24, 2.45) is 5.92 Å². The van der Waals surface area contributed by atoms with E-state index in [2.05, 4.69) is 4.98 Å². The highest BCUT2D eigenvalue weighted by Gasteiger charge is 2.56. The zero-order valence-corrected chi connectivity index (χ0v) is 22.3. The summed E-state index contributed by atoms with van der Waals surface area (Å²) in [7, 11) is 1.56. The third kappa shape index (κ3) is 4.21. The Morgan fingerprint density at radius 1 is 0.895 bits per heavy atom. The van der Waals surface area contributed by atoms with Gasteiger partial charge in [-0.2, -0.15) is 0 Å². The van der Waals surface area contributed by atoms with Gasteiger partial charge in [-0.05, 0) is 60.0 Å². The van der Waals surface area contributed by atoms with Crippen molar-refractivity contribution in [3.05, 3.63) is 104 Å². The molecule has 1 fully saturated rings. The maximum atomic E-state index is 13.8. The number of anilines is 1. The van der Waals surface area contributed by atoms with Gasteiger partial charge in [0.05, 0.1) is 23.7 Å². The number of ether oxygens (including phenoxy) is 2. The minimum atomic E-state index is -0.635. The molecular formula is C29H24N2O5S2. The van der Waals surface area contributed by atoms with Gasteiger partial charge in [-0.3, -0.25) is 14.4 Å². The number of benzene rings is 3. The Bertz CT molecular complexity index is 1580. The smallest absolute Gasteiger partial charge is 0.305 e. The molecule has 7 nitrogen and oxygen atoms in total. The van der Waals surface area contributed by atoms with Crippen LogP contribution in [0, 0.1) is 12.8 Å². The Hall–Kier alpha value is -3.82. The van der Waals surface area contributed by atoms with Crippen molar-refractivity contribution >= 4 is 40.6 Å². The number of methoxy groups -OCH3 is 1. The third-order valence-corrected chi connectivity index (χ3v) is 9.45. The molecule has 1 aromatic heterocycles. The van der Waals surface area contributed by atoms with E-state index in [4.69, 9.17) is 9.47 Å². The fourth-order valence-corrected chi connectivity index (χ4v) is 7.58. The molecule has 0 radical (unpaired) electrons. The fourth-order valence-electron chi connectivity index (χ4n) is 5.07. The lowest BCUT2D eigenvalue weighted by Gasteiger charge is -2.29. The molecule has 0 bridgehead atoms. The van der Waals surface area contributed by atoms with E-state index in [-0.39, 0.29) is 16.7 Å². The second-order valence-electron chi connectivity index (χ2n) is 9.24. The molecule has 2 aliphatic rings. The molecule has 38 heavy (non-hydrogen) atoms. The first-order valence-electron chi connectivity index (χ1n) is 12.1. The van der Waals surface area contributed by atoms with Crippen LogP contribution in [0.1, 0.15) is 27.5 Å². The number of thiazole rings is 1. The number of thioether (sulfide) groups is 1. The maximum Gasteiger partial charge on any atom is 0.305 e. The van der Waals surface area contributed by atoms with E-state index in [0.717, 1.165) is 32.9 Å². The number of imide groups is 1. The standard InChI is InChI=1S/C29H24N2O5S2/c1-16-5-3-4-6-18(16)15-36-21-11-7-17(8-12-21)22-23-25(37-26-24(22)38-29(34)30-26)28(33)31(27(23)32)19-9-13-20(35-2)14-10-19/h3-14,22-23,25H,15H2,1-2H3,(H,30,34)/t22-,23?,25?/m1/s1. The highest BCUT2D eigenvalue weighted by molar-refractivity contribution is 8.00. The van der Waals surface area contributed by atoms with Crippen LogP contribution in [0.4, 0.5) is 5.69 Å². The molecule has 9 heteroatoms. The van der Waals surface area contributed by atoms with Crippen LogP contribution in [0.25, 0.3) is 0 Å². The third-order valence-electron chi connectivity index (χ3n) is 7.05. The van der Waals surface area contributed by atoms with Gasteiger partial charge in [-0.15, -0.1) is 0 Å². The normalized spacial score (nSPS) is 20.3. The molecule has 0 saturated carbocycles. The van der Waals surface area contributed by atoms with Gasteiger partial charge in [-0.1, -0.05) is 59.5 Å². The Balaban J connectivity index is 1.32. The van der Waals surface area contributed by atoms with E-state index in [1.807, 2.05) is 55.5 Å². The molecule has 3 heterocycles. The first kappa shape index (κ1) is 24.5. The van der Waals surface area contributed by atoms with E-state index in [1.54, 1.807) is 31.4 Å². The van der Waals surface area contributed by atoms with Gasteiger partial charge >= 0.3 is 4.87 Å². The van der Waals surface area contributed by atoms with Gasteiger partial charge in [0.2, 0.25) is 11.8 Å². The largest absolute Gasteiger partial charge is 0.497 e. The van der Waals surface area contributed by atoms with Crippen LogP contribution in [0.5, 0.6) is 11.5 Å². The number of rotatable bonds is 6. The van der Waals surface area contributed by atoms with Crippen molar-refractivity contribution in [3.8, 4) is 11.5 Å². The van der Waals surface area contributed by atoms with Gasteiger partial charge in [0.15, 0.2) is 0 Å². The summed E-state index contributed by atoms with van der Waals surface area (Å²) < 4.78 is 11.2. The lowest BCUT2D eigenvalue weighted by Crippen LogP contribution is -2.32. The number of carbonyl (C=O) groups is 2. The molecule has 2 unspecified atom stereocenters.